The van der Waals surface area contributed by atoms with Crippen molar-refractivity contribution in [2.45, 2.75) is 39.7 Å². The fraction of sp³-hybridized carbons (Fsp3) is 0.923. The Morgan fingerprint density at radius 3 is 2.28 bits per heavy atom. The minimum absolute atomic E-state index is 0.0214. The van der Waals surface area contributed by atoms with Crippen LogP contribution in [0.1, 0.15) is 34.1 Å². The van der Waals surface area contributed by atoms with Gasteiger partial charge in [0.05, 0.1) is 18.6 Å². The van der Waals surface area contributed by atoms with E-state index in [0.717, 1.165) is 6.42 Å². The van der Waals surface area contributed by atoms with Crippen molar-refractivity contribution in [3.63, 3.8) is 0 Å². The van der Waals surface area contributed by atoms with Gasteiger partial charge in [-0.05, 0) is 34.1 Å². The molecular weight excluding hydrogens is 232 g/mol. The van der Waals surface area contributed by atoms with E-state index >= 15 is 0 Å². The van der Waals surface area contributed by atoms with Crippen molar-refractivity contribution < 1.29 is 14.3 Å². The predicted molar refractivity (Wildman–Crippen MR) is 72.4 cm³/mol. The van der Waals surface area contributed by atoms with Crippen LogP contribution in [-0.4, -0.2) is 44.9 Å². The molecule has 5 heteroatoms. The minimum atomic E-state index is -0.593. The van der Waals surface area contributed by atoms with Crippen molar-refractivity contribution in [1.82, 2.24) is 5.32 Å². The standard InChI is InChI=1S/C13H28N2O3/c1-12(2,13(3,4)14)11(16)15-7-6-8-18-10-9-17-5/h6-10,14H2,1-5H3,(H,15,16). The number of hydrogen-bond donors (Lipinski definition) is 2. The smallest absolute Gasteiger partial charge is 0.227 e. The van der Waals surface area contributed by atoms with E-state index in [9.17, 15) is 4.79 Å². The zero-order valence-corrected chi connectivity index (χ0v) is 12.3. The van der Waals surface area contributed by atoms with Gasteiger partial charge in [0.2, 0.25) is 5.91 Å². The van der Waals surface area contributed by atoms with Gasteiger partial charge in [-0.25, -0.2) is 0 Å². The molecule has 0 unspecified atom stereocenters. The van der Waals surface area contributed by atoms with Crippen molar-refractivity contribution >= 4 is 5.91 Å². The molecule has 0 rings (SSSR count). The highest BCUT2D eigenvalue weighted by atomic mass is 16.5. The van der Waals surface area contributed by atoms with Gasteiger partial charge in [-0.2, -0.15) is 0 Å². The lowest BCUT2D eigenvalue weighted by atomic mass is 9.74. The molecule has 5 nitrogen and oxygen atoms in total. The molecule has 108 valence electrons. The summed E-state index contributed by atoms with van der Waals surface area (Å²) in [6.45, 7) is 9.85. The highest BCUT2D eigenvalue weighted by Crippen LogP contribution is 2.28. The van der Waals surface area contributed by atoms with Crippen LogP contribution in [0.2, 0.25) is 0 Å². The number of carbonyl (C=O) groups is 1. The first-order valence-electron chi connectivity index (χ1n) is 6.37. The Morgan fingerprint density at radius 1 is 1.17 bits per heavy atom. The van der Waals surface area contributed by atoms with Crippen LogP contribution in [-0.2, 0) is 14.3 Å². The Balaban J connectivity index is 3.78. The quantitative estimate of drug-likeness (QED) is 0.605. The molecule has 0 aromatic heterocycles. The van der Waals surface area contributed by atoms with E-state index in [1.807, 2.05) is 27.7 Å². The molecular formula is C13H28N2O3. The molecule has 0 aromatic carbocycles. The van der Waals surface area contributed by atoms with Crippen molar-refractivity contribution in [2.24, 2.45) is 11.1 Å². The van der Waals surface area contributed by atoms with Gasteiger partial charge in [0, 0.05) is 25.8 Å². The number of amides is 1. The van der Waals surface area contributed by atoms with Crippen LogP contribution in [0.3, 0.4) is 0 Å². The average Bonchev–Trinajstić information content (AvgIpc) is 2.26. The van der Waals surface area contributed by atoms with Crippen LogP contribution in [0.15, 0.2) is 0 Å². The summed E-state index contributed by atoms with van der Waals surface area (Å²) in [4.78, 5) is 12.0. The summed E-state index contributed by atoms with van der Waals surface area (Å²) in [6, 6.07) is 0. The lowest BCUT2D eigenvalue weighted by molar-refractivity contribution is -0.132. The SMILES string of the molecule is COCCOCCCNC(=O)C(C)(C)C(C)(C)N. The summed E-state index contributed by atoms with van der Waals surface area (Å²) < 4.78 is 10.2. The second-order valence-corrected chi connectivity index (χ2v) is 5.56. The zero-order chi connectivity index (χ0) is 14.2. The largest absolute Gasteiger partial charge is 0.382 e. The molecule has 0 bridgehead atoms. The fourth-order valence-electron chi connectivity index (χ4n) is 1.13. The maximum atomic E-state index is 12.0. The van der Waals surface area contributed by atoms with Gasteiger partial charge < -0.3 is 20.5 Å². The maximum absolute atomic E-state index is 12.0. The van der Waals surface area contributed by atoms with Gasteiger partial charge in [0.15, 0.2) is 0 Å². The minimum Gasteiger partial charge on any atom is -0.382 e. The number of ether oxygens (including phenoxy) is 2. The molecule has 0 radical (unpaired) electrons. The van der Waals surface area contributed by atoms with Gasteiger partial charge >= 0.3 is 0 Å². The van der Waals surface area contributed by atoms with E-state index in [-0.39, 0.29) is 5.91 Å². The summed E-state index contributed by atoms with van der Waals surface area (Å²) >= 11 is 0. The Bertz CT molecular complexity index is 247. The second kappa shape index (κ2) is 7.71. The number of rotatable bonds is 9. The van der Waals surface area contributed by atoms with E-state index in [1.54, 1.807) is 7.11 Å². The monoisotopic (exact) mass is 260 g/mol. The Labute approximate surface area is 110 Å². The van der Waals surface area contributed by atoms with Gasteiger partial charge in [-0.1, -0.05) is 0 Å². The fourth-order valence-corrected chi connectivity index (χ4v) is 1.13. The predicted octanol–water partition coefficient (Wildman–Crippen LogP) is 0.919. The third-order valence-corrected chi connectivity index (χ3v) is 3.36. The molecule has 0 heterocycles. The first kappa shape index (κ1) is 17.4. The van der Waals surface area contributed by atoms with E-state index < -0.39 is 11.0 Å². The molecule has 0 aliphatic heterocycles. The summed E-state index contributed by atoms with van der Waals surface area (Å²) in [5.41, 5.74) is 4.86. The molecule has 0 saturated carbocycles. The van der Waals surface area contributed by atoms with Crippen LogP contribution < -0.4 is 11.1 Å². The van der Waals surface area contributed by atoms with Crippen molar-refractivity contribution in [2.75, 3.05) is 33.5 Å². The van der Waals surface area contributed by atoms with Gasteiger partial charge in [-0.3, -0.25) is 4.79 Å². The molecule has 18 heavy (non-hydrogen) atoms. The molecule has 0 saturated heterocycles. The van der Waals surface area contributed by atoms with E-state index in [0.29, 0.717) is 26.4 Å². The normalized spacial score (nSPS) is 12.6. The van der Waals surface area contributed by atoms with Crippen LogP contribution >= 0.6 is 0 Å². The van der Waals surface area contributed by atoms with Crippen LogP contribution in [0.25, 0.3) is 0 Å². The summed E-state index contributed by atoms with van der Waals surface area (Å²) in [6.07, 6.45) is 0.788. The summed E-state index contributed by atoms with van der Waals surface area (Å²) in [5.74, 6) is -0.0214. The lowest BCUT2D eigenvalue weighted by Gasteiger charge is -2.36. The van der Waals surface area contributed by atoms with E-state index in [1.165, 1.54) is 0 Å². The number of nitrogens with one attached hydrogen (secondary N) is 1. The Kier molecular flexibility index (Phi) is 7.43. The topological polar surface area (TPSA) is 73.6 Å². The second-order valence-electron chi connectivity index (χ2n) is 5.56. The van der Waals surface area contributed by atoms with E-state index in [4.69, 9.17) is 15.2 Å². The lowest BCUT2D eigenvalue weighted by Crippen LogP contribution is -2.55. The first-order chi connectivity index (χ1) is 8.23. The zero-order valence-electron chi connectivity index (χ0n) is 12.3. The molecule has 1 amide bonds. The number of methoxy groups -OCH3 is 1. The molecule has 0 fully saturated rings. The Hall–Kier alpha value is -0.650. The molecule has 0 spiro atoms. The molecule has 3 N–H and O–H groups in total. The maximum Gasteiger partial charge on any atom is 0.227 e. The third kappa shape index (κ3) is 5.80. The number of hydrogen-bond acceptors (Lipinski definition) is 4. The first-order valence-corrected chi connectivity index (χ1v) is 6.37. The van der Waals surface area contributed by atoms with Crippen LogP contribution in [0, 0.1) is 5.41 Å². The summed E-state index contributed by atoms with van der Waals surface area (Å²) in [7, 11) is 1.64. The number of nitrogens with two attached hydrogens (primary N) is 1. The van der Waals surface area contributed by atoms with Gasteiger partial charge in [0.25, 0.3) is 0 Å². The molecule has 0 aliphatic carbocycles. The Morgan fingerprint density at radius 2 is 1.78 bits per heavy atom. The van der Waals surface area contributed by atoms with Crippen LogP contribution in [0.5, 0.6) is 0 Å². The molecule has 0 atom stereocenters. The van der Waals surface area contributed by atoms with Crippen molar-refractivity contribution in [3.8, 4) is 0 Å². The highest BCUT2D eigenvalue weighted by Gasteiger charge is 2.39. The number of carbonyl (C=O) groups excluding carboxylic acids is 1. The average molecular weight is 260 g/mol. The van der Waals surface area contributed by atoms with Gasteiger partial charge in [-0.15, -0.1) is 0 Å². The third-order valence-electron chi connectivity index (χ3n) is 3.36. The molecule has 0 aromatic rings. The van der Waals surface area contributed by atoms with Crippen molar-refractivity contribution in [3.05, 3.63) is 0 Å². The van der Waals surface area contributed by atoms with E-state index in [2.05, 4.69) is 5.32 Å². The van der Waals surface area contributed by atoms with Gasteiger partial charge in [0.1, 0.15) is 0 Å². The van der Waals surface area contributed by atoms with Crippen molar-refractivity contribution in [1.29, 1.82) is 0 Å². The van der Waals surface area contributed by atoms with Crippen LogP contribution in [0.4, 0.5) is 0 Å². The summed E-state index contributed by atoms with van der Waals surface area (Å²) in [5, 5.41) is 2.89. The highest BCUT2D eigenvalue weighted by molar-refractivity contribution is 5.83. The molecule has 0 aliphatic rings.